The first kappa shape index (κ1) is 24.7. The van der Waals surface area contributed by atoms with Crippen molar-refractivity contribution in [2.45, 2.75) is 45.7 Å². The molecule has 0 unspecified atom stereocenters. The van der Waals surface area contributed by atoms with Crippen LogP contribution in [-0.4, -0.2) is 46.0 Å². The SMILES string of the molecule is CCOc1ccc(CN(C)C(=NC)NCc2ccc(CS(=O)(=O)NC(C)C)cc2)cc1. The van der Waals surface area contributed by atoms with Crippen LogP contribution in [-0.2, 0) is 28.9 Å². The second-order valence-electron chi connectivity index (χ2n) is 7.68. The van der Waals surface area contributed by atoms with Gasteiger partial charge in [0, 0.05) is 33.2 Å². The zero-order valence-electron chi connectivity index (χ0n) is 19.1. The summed E-state index contributed by atoms with van der Waals surface area (Å²) < 4.78 is 32.2. The zero-order valence-corrected chi connectivity index (χ0v) is 19.9. The molecule has 170 valence electrons. The topological polar surface area (TPSA) is 83.0 Å². The predicted octanol–water partition coefficient (Wildman–Crippen LogP) is 3.12. The molecule has 0 aliphatic heterocycles. The Bertz CT molecular complexity index is 940. The Hall–Kier alpha value is -2.58. The molecule has 0 fully saturated rings. The number of hydrogen-bond acceptors (Lipinski definition) is 4. The molecule has 0 aliphatic carbocycles. The van der Waals surface area contributed by atoms with Crippen molar-refractivity contribution in [1.82, 2.24) is 14.9 Å². The highest BCUT2D eigenvalue weighted by atomic mass is 32.2. The van der Waals surface area contributed by atoms with Crippen molar-refractivity contribution in [3.63, 3.8) is 0 Å². The molecule has 0 aliphatic rings. The maximum Gasteiger partial charge on any atom is 0.216 e. The van der Waals surface area contributed by atoms with Crippen molar-refractivity contribution in [1.29, 1.82) is 0 Å². The molecule has 0 bridgehead atoms. The third kappa shape index (κ3) is 8.59. The van der Waals surface area contributed by atoms with Crippen LogP contribution in [0.15, 0.2) is 53.5 Å². The van der Waals surface area contributed by atoms with Gasteiger partial charge in [-0.3, -0.25) is 4.99 Å². The minimum atomic E-state index is -3.32. The Labute approximate surface area is 186 Å². The Morgan fingerprint density at radius 3 is 2.16 bits per heavy atom. The summed E-state index contributed by atoms with van der Waals surface area (Å²) in [7, 11) is 0.421. The molecular formula is C23H34N4O3S. The van der Waals surface area contributed by atoms with E-state index >= 15 is 0 Å². The van der Waals surface area contributed by atoms with E-state index in [1.807, 2.05) is 69.1 Å². The summed E-state index contributed by atoms with van der Waals surface area (Å²) in [6.07, 6.45) is 0. The van der Waals surface area contributed by atoms with Crippen LogP contribution in [0.5, 0.6) is 5.75 Å². The summed E-state index contributed by atoms with van der Waals surface area (Å²) in [6, 6.07) is 15.5. The fraction of sp³-hybridized carbons (Fsp3) is 0.435. The fourth-order valence-corrected chi connectivity index (χ4v) is 4.58. The quantitative estimate of drug-likeness (QED) is 0.433. The maximum absolute atomic E-state index is 12.1. The van der Waals surface area contributed by atoms with Gasteiger partial charge >= 0.3 is 0 Å². The first-order chi connectivity index (χ1) is 14.7. The molecular weight excluding hydrogens is 412 g/mol. The Kier molecular flexibility index (Phi) is 9.33. The molecule has 0 amide bonds. The van der Waals surface area contributed by atoms with Crippen LogP contribution >= 0.6 is 0 Å². The van der Waals surface area contributed by atoms with Crippen LogP contribution in [0.4, 0.5) is 0 Å². The van der Waals surface area contributed by atoms with Gasteiger partial charge in [-0.2, -0.15) is 0 Å². The molecule has 0 aromatic heterocycles. The van der Waals surface area contributed by atoms with E-state index < -0.39 is 10.0 Å². The number of sulfonamides is 1. The van der Waals surface area contributed by atoms with E-state index in [0.29, 0.717) is 19.7 Å². The number of aliphatic imine (C=N–C) groups is 1. The Morgan fingerprint density at radius 2 is 1.61 bits per heavy atom. The molecule has 0 saturated carbocycles. The van der Waals surface area contributed by atoms with Gasteiger partial charge in [-0.25, -0.2) is 13.1 Å². The predicted molar refractivity (Wildman–Crippen MR) is 127 cm³/mol. The highest BCUT2D eigenvalue weighted by Crippen LogP contribution is 2.13. The molecule has 2 N–H and O–H groups in total. The molecule has 7 nitrogen and oxygen atoms in total. The van der Waals surface area contributed by atoms with Crippen molar-refractivity contribution in [2.24, 2.45) is 4.99 Å². The van der Waals surface area contributed by atoms with Crippen LogP contribution in [0, 0.1) is 0 Å². The summed E-state index contributed by atoms with van der Waals surface area (Å²) in [5.41, 5.74) is 2.97. The summed E-state index contributed by atoms with van der Waals surface area (Å²) in [5, 5.41) is 3.35. The first-order valence-electron chi connectivity index (χ1n) is 10.4. The minimum absolute atomic E-state index is 0.0224. The van der Waals surface area contributed by atoms with Gasteiger partial charge < -0.3 is 15.0 Å². The number of benzene rings is 2. The van der Waals surface area contributed by atoms with Crippen molar-refractivity contribution in [3.05, 3.63) is 65.2 Å². The second kappa shape index (κ2) is 11.7. The van der Waals surface area contributed by atoms with Gasteiger partial charge in [-0.15, -0.1) is 0 Å². The summed E-state index contributed by atoms with van der Waals surface area (Å²) >= 11 is 0. The fourth-order valence-electron chi connectivity index (χ4n) is 3.15. The van der Waals surface area contributed by atoms with Gasteiger partial charge in [0.15, 0.2) is 5.96 Å². The number of nitrogens with zero attached hydrogens (tertiary/aromatic N) is 2. The highest BCUT2D eigenvalue weighted by Gasteiger charge is 2.13. The second-order valence-corrected chi connectivity index (χ2v) is 9.44. The highest BCUT2D eigenvalue weighted by molar-refractivity contribution is 7.88. The van der Waals surface area contributed by atoms with Gasteiger partial charge in [-0.05, 0) is 49.6 Å². The maximum atomic E-state index is 12.1. The number of nitrogens with one attached hydrogen (secondary N) is 2. The van der Waals surface area contributed by atoms with Crippen LogP contribution < -0.4 is 14.8 Å². The summed E-state index contributed by atoms with van der Waals surface area (Å²) in [4.78, 5) is 6.41. The monoisotopic (exact) mass is 446 g/mol. The molecule has 0 spiro atoms. The zero-order chi connectivity index (χ0) is 22.9. The van der Waals surface area contributed by atoms with Gasteiger partial charge in [0.25, 0.3) is 0 Å². The van der Waals surface area contributed by atoms with Gasteiger partial charge in [0.1, 0.15) is 5.75 Å². The summed E-state index contributed by atoms with van der Waals surface area (Å²) in [5.74, 6) is 1.63. The van der Waals surface area contributed by atoms with Crippen LogP contribution in [0.25, 0.3) is 0 Å². The lowest BCUT2D eigenvalue weighted by Crippen LogP contribution is -2.38. The normalized spacial score (nSPS) is 12.1. The van der Waals surface area contributed by atoms with E-state index in [0.717, 1.165) is 28.4 Å². The molecule has 0 radical (unpaired) electrons. The van der Waals surface area contributed by atoms with E-state index in [2.05, 4.69) is 27.2 Å². The van der Waals surface area contributed by atoms with Crippen molar-refractivity contribution >= 4 is 16.0 Å². The molecule has 2 aromatic rings. The lowest BCUT2D eigenvalue weighted by molar-refractivity contribution is 0.340. The van der Waals surface area contributed by atoms with Gasteiger partial charge in [0.2, 0.25) is 10.0 Å². The smallest absolute Gasteiger partial charge is 0.216 e. The van der Waals surface area contributed by atoms with Crippen molar-refractivity contribution < 1.29 is 13.2 Å². The van der Waals surface area contributed by atoms with Gasteiger partial charge in [-0.1, -0.05) is 36.4 Å². The molecule has 31 heavy (non-hydrogen) atoms. The third-order valence-electron chi connectivity index (χ3n) is 4.47. The van der Waals surface area contributed by atoms with E-state index in [1.165, 1.54) is 0 Å². The third-order valence-corrected chi connectivity index (χ3v) is 6.02. The molecule has 0 heterocycles. The molecule has 8 heteroatoms. The Balaban J connectivity index is 1.90. The molecule has 0 saturated heterocycles. The number of rotatable bonds is 10. The lowest BCUT2D eigenvalue weighted by Gasteiger charge is -2.22. The van der Waals surface area contributed by atoms with Crippen molar-refractivity contribution in [2.75, 3.05) is 20.7 Å². The van der Waals surface area contributed by atoms with E-state index in [1.54, 1.807) is 7.05 Å². The molecule has 0 atom stereocenters. The van der Waals surface area contributed by atoms with E-state index in [9.17, 15) is 8.42 Å². The van der Waals surface area contributed by atoms with Crippen molar-refractivity contribution in [3.8, 4) is 5.75 Å². The first-order valence-corrected chi connectivity index (χ1v) is 12.1. The molecule has 2 rings (SSSR count). The molecule has 2 aromatic carbocycles. The Morgan fingerprint density at radius 1 is 1.03 bits per heavy atom. The average Bonchev–Trinajstić information content (AvgIpc) is 2.70. The van der Waals surface area contributed by atoms with Crippen LogP contribution in [0.3, 0.4) is 0 Å². The van der Waals surface area contributed by atoms with Gasteiger partial charge in [0.05, 0.1) is 12.4 Å². The average molecular weight is 447 g/mol. The largest absolute Gasteiger partial charge is 0.494 e. The summed E-state index contributed by atoms with van der Waals surface area (Å²) in [6.45, 7) is 7.56. The standard InChI is InChI=1S/C23H34N4O3S/c1-6-30-22-13-11-20(12-14-22)16-27(5)23(24-4)25-15-19-7-9-21(10-8-19)17-31(28,29)26-18(2)3/h7-14,18,26H,6,15-17H2,1-5H3,(H,24,25). The lowest BCUT2D eigenvalue weighted by atomic mass is 10.1. The number of hydrogen-bond donors (Lipinski definition) is 2. The van der Waals surface area contributed by atoms with E-state index in [-0.39, 0.29) is 11.8 Å². The van der Waals surface area contributed by atoms with Crippen LogP contribution in [0.2, 0.25) is 0 Å². The minimum Gasteiger partial charge on any atom is -0.494 e. The number of guanidine groups is 1. The van der Waals surface area contributed by atoms with Crippen LogP contribution in [0.1, 0.15) is 37.5 Å². The number of ether oxygens (including phenoxy) is 1. The van der Waals surface area contributed by atoms with E-state index in [4.69, 9.17) is 4.74 Å².